The Kier molecular flexibility index (Phi) is 3.66. The Morgan fingerprint density at radius 2 is 2.30 bits per heavy atom. The van der Waals surface area contributed by atoms with Crippen LogP contribution in [0.25, 0.3) is 0 Å². The van der Waals surface area contributed by atoms with E-state index >= 15 is 0 Å². The highest BCUT2D eigenvalue weighted by atomic mass is 16.6. The number of nitrogens with zero attached hydrogens (tertiary/aromatic N) is 3. The van der Waals surface area contributed by atoms with E-state index < -0.39 is 4.92 Å². The highest BCUT2D eigenvalue weighted by Gasteiger charge is 2.16. The highest BCUT2D eigenvalue weighted by molar-refractivity contribution is 5.59. The van der Waals surface area contributed by atoms with Crippen molar-refractivity contribution in [1.82, 2.24) is 4.98 Å². The molecular formula is C13H12N4O3. The zero-order valence-electron chi connectivity index (χ0n) is 11.0. The average molecular weight is 272 g/mol. The van der Waals surface area contributed by atoms with Crippen LogP contribution in [-0.2, 0) is 0 Å². The molecule has 0 fully saturated rings. The van der Waals surface area contributed by atoms with Gasteiger partial charge in [0.25, 0.3) is 5.69 Å². The minimum Gasteiger partial charge on any atom is -0.444 e. The van der Waals surface area contributed by atoms with E-state index in [0.29, 0.717) is 17.3 Å². The van der Waals surface area contributed by atoms with Crippen molar-refractivity contribution >= 4 is 11.4 Å². The van der Waals surface area contributed by atoms with E-state index in [1.807, 2.05) is 13.0 Å². The molecule has 1 aromatic heterocycles. The fourth-order valence-electron chi connectivity index (χ4n) is 1.76. The van der Waals surface area contributed by atoms with Crippen molar-refractivity contribution in [3.63, 3.8) is 0 Å². The van der Waals surface area contributed by atoms with E-state index in [1.54, 1.807) is 19.2 Å². The molecule has 0 amide bonds. The molecule has 0 aliphatic heterocycles. The molecule has 0 aliphatic carbocycles. The third kappa shape index (κ3) is 2.75. The molecule has 20 heavy (non-hydrogen) atoms. The van der Waals surface area contributed by atoms with Crippen molar-refractivity contribution in [2.45, 2.75) is 19.9 Å². The normalized spacial score (nSPS) is 11.7. The molecule has 102 valence electrons. The lowest BCUT2D eigenvalue weighted by Gasteiger charge is -2.12. The maximum absolute atomic E-state index is 10.7. The summed E-state index contributed by atoms with van der Waals surface area (Å²) in [5, 5.41) is 22.8. The Labute approximate surface area is 115 Å². The number of oxazole rings is 1. The number of aromatic nitrogens is 1. The third-order valence-corrected chi connectivity index (χ3v) is 2.71. The van der Waals surface area contributed by atoms with Crippen molar-refractivity contribution in [3.05, 3.63) is 51.7 Å². The van der Waals surface area contributed by atoms with E-state index in [4.69, 9.17) is 9.68 Å². The predicted octanol–water partition coefficient (Wildman–Crippen LogP) is 2.94. The lowest BCUT2D eigenvalue weighted by Crippen LogP contribution is -2.07. The van der Waals surface area contributed by atoms with Crippen LogP contribution in [0.4, 0.5) is 11.4 Å². The van der Waals surface area contributed by atoms with Gasteiger partial charge in [-0.3, -0.25) is 10.1 Å². The number of hydrogen-bond acceptors (Lipinski definition) is 6. The number of hydrogen-bond donors (Lipinski definition) is 1. The SMILES string of the molecule is Cc1cnc(C(C)Nc2ccc([N+](=O)[O-])c(C#N)c2)o1. The highest BCUT2D eigenvalue weighted by Crippen LogP contribution is 2.25. The van der Waals surface area contributed by atoms with Crippen molar-refractivity contribution in [2.24, 2.45) is 0 Å². The van der Waals surface area contributed by atoms with Crippen LogP contribution in [0.15, 0.2) is 28.8 Å². The summed E-state index contributed by atoms with van der Waals surface area (Å²) < 4.78 is 5.39. The van der Waals surface area contributed by atoms with Crippen LogP contribution in [0, 0.1) is 28.4 Å². The number of benzene rings is 1. The van der Waals surface area contributed by atoms with Gasteiger partial charge in [-0.15, -0.1) is 0 Å². The standard InChI is InChI=1S/C13H12N4O3/c1-8-7-15-13(20-8)9(2)16-11-3-4-12(17(18)19)10(5-11)6-14/h3-5,7,9,16H,1-2H3. The smallest absolute Gasteiger partial charge is 0.287 e. The van der Waals surface area contributed by atoms with Crippen molar-refractivity contribution < 1.29 is 9.34 Å². The lowest BCUT2D eigenvalue weighted by molar-refractivity contribution is -0.385. The van der Waals surface area contributed by atoms with Gasteiger partial charge >= 0.3 is 0 Å². The first-order valence-electron chi connectivity index (χ1n) is 5.88. The van der Waals surface area contributed by atoms with Gasteiger partial charge in [-0.1, -0.05) is 0 Å². The molecule has 1 heterocycles. The molecule has 2 aromatic rings. The molecular weight excluding hydrogens is 260 g/mol. The summed E-state index contributed by atoms with van der Waals surface area (Å²) in [5.41, 5.74) is 0.393. The summed E-state index contributed by atoms with van der Waals surface area (Å²) in [5.74, 6) is 1.22. The second kappa shape index (κ2) is 5.40. The van der Waals surface area contributed by atoms with Crippen molar-refractivity contribution in [3.8, 4) is 6.07 Å². The minimum atomic E-state index is -0.580. The van der Waals surface area contributed by atoms with Gasteiger partial charge in [0.05, 0.1) is 11.1 Å². The largest absolute Gasteiger partial charge is 0.444 e. The molecule has 2 rings (SSSR count). The van der Waals surface area contributed by atoms with Crippen LogP contribution < -0.4 is 5.32 Å². The molecule has 1 N–H and O–H groups in total. The average Bonchev–Trinajstić information content (AvgIpc) is 2.85. The lowest BCUT2D eigenvalue weighted by atomic mass is 10.1. The van der Waals surface area contributed by atoms with Crippen molar-refractivity contribution in [2.75, 3.05) is 5.32 Å². The summed E-state index contributed by atoms with van der Waals surface area (Å²) in [4.78, 5) is 14.3. The number of nitriles is 1. The van der Waals surface area contributed by atoms with Gasteiger partial charge in [-0.05, 0) is 26.0 Å². The molecule has 1 aromatic carbocycles. The van der Waals surface area contributed by atoms with Gasteiger partial charge in [0.2, 0.25) is 5.89 Å². The topological polar surface area (TPSA) is 105 Å². The minimum absolute atomic E-state index is 0.00999. The Balaban J connectivity index is 2.22. The number of nitro benzene ring substituents is 1. The van der Waals surface area contributed by atoms with Crippen LogP contribution in [0.2, 0.25) is 0 Å². The van der Waals surface area contributed by atoms with Gasteiger partial charge in [-0.25, -0.2) is 4.98 Å². The quantitative estimate of drug-likeness (QED) is 0.677. The molecule has 1 unspecified atom stereocenters. The van der Waals surface area contributed by atoms with Gasteiger partial charge in [0, 0.05) is 11.8 Å². The second-order valence-corrected chi connectivity index (χ2v) is 4.28. The van der Waals surface area contributed by atoms with Crippen molar-refractivity contribution in [1.29, 1.82) is 5.26 Å². The fraction of sp³-hybridized carbons (Fsp3) is 0.231. The number of anilines is 1. The van der Waals surface area contributed by atoms with Crippen LogP contribution in [-0.4, -0.2) is 9.91 Å². The number of aryl methyl sites for hydroxylation is 1. The number of rotatable bonds is 4. The molecule has 7 nitrogen and oxygen atoms in total. The Morgan fingerprint density at radius 3 is 2.85 bits per heavy atom. The molecule has 7 heteroatoms. The summed E-state index contributed by atoms with van der Waals surface area (Å²) in [6, 6.07) is 5.88. The maximum atomic E-state index is 10.7. The van der Waals surface area contributed by atoms with E-state index in [-0.39, 0.29) is 17.3 Å². The van der Waals surface area contributed by atoms with Gasteiger partial charge < -0.3 is 9.73 Å². The first kappa shape index (κ1) is 13.5. The first-order chi connectivity index (χ1) is 9.51. The molecule has 1 atom stereocenters. The Morgan fingerprint density at radius 1 is 1.55 bits per heavy atom. The summed E-state index contributed by atoms with van der Waals surface area (Å²) in [6.07, 6.45) is 1.62. The Hall–Kier alpha value is -2.88. The Bertz CT molecular complexity index is 687. The summed E-state index contributed by atoms with van der Waals surface area (Å²) in [6.45, 7) is 3.64. The summed E-state index contributed by atoms with van der Waals surface area (Å²) in [7, 11) is 0. The van der Waals surface area contributed by atoms with Crippen LogP contribution >= 0.6 is 0 Å². The molecule has 0 radical (unpaired) electrons. The first-order valence-corrected chi connectivity index (χ1v) is 5.88. The monoisotopic (exact) mass is 272 g/mol. The predicted molar refractivity (Wildman–Crippen MR) is 71.1 cm³/mol. The van der Waals surface area contributed by atoms with Gasteiger partial charge in [0.15, 0.2) is 0 Å². The maximum Gasteiger partial charge on any atom is 0.287 e. The zero-order valence-corrected chi connectivity index (χ0v) is 11.0. The van der Waals surface area contributed by atoms with Crippen LogP contribution in [0.1, 0.15) is 30.2 Å². The third-order valence-electron chi connectivity index (χ3n) is 2.71. The zero-order chi connectivity index (χ0) is 14.7. The number of nitro groups is 1. The van der Waals surface area contributed by atoms with E-state index in [0.717, 1.165) is 0 Å². The van der Waals surface area contributed by atoms with Gasteiger partial charge in [0.1, 0.15) is 23.4 Å². The van der Waals surface area contributed by atoms with E-state index in [1.165, 1.54) is 12.1 Å². The molecule has 0 saturated heterocycles. The van der Waals surface area contributed by atoms with E-state index in [2.05, 4.69) is 10.3 Å². The number of nitrogens with one attached hydrogen (secondary N) is 1. The molecule has 0 spiro atoms. The molecule has 0 bridgehead atoms. The molecule has 0 aliphatic rings. The fourth-order valence-corrected chi connectivity index (χ4v) is 1.76. The van der Waals surface area contributed by atoms with Crippen LogP contribution in [0.3, 0.4) is 0 Å². The van der Waals surface area contributed by atoms with Crippen LogP contribution in [0.5, 0.6) is 0 Å². The molecule has 0 saturated carbocycles. The summed E-state index contributed by atoms with van der Waals surface area (Å²) >= 11 is 0. The van der Waals surface area contributed by atoms with E-state index in [9.17, 15) is 10.1 Å². The van der Waals surface area contributed by atoms with Gasteiger partial charge in [-0.2, -0.15) is 5.26 Å². The second-order valence-electron chi connectivity index (χ2n) is 4.28.